The van der Waals surface area contributed by atoms with E-state index in [2.05, 4.69) is 4.98 Å². The van der Waals surface area contributed by atoms with Crippen LogP contribution in [0, 0.1) is 5.82 Å². The highest BCUT2D eigenvalue weighted by molar-refractivity contribution is 5.82. The third-order valence-corrected chi connectivity index (χ3v) is 2.79. The van der Waals surface area contributed by atoms with Crippen LogP contribution in [-0.4, -0.2) is 27.2 Å². The van der Waals surface area contributed by atoms with Crippen LogP contribution >= 0.6 is 0 Å². The zero-order valence-electron chi connectivity index (χ0n) is 9.22. The number of hydrogen-bond acceptors (Lipinski definition) is 3. The van der Waals surface area contributed by atoms with E-state index in [1.807, 2.05) is 0 Å². The van der Waals surface area contributed by atoms with E-state index in [-0.39, 0.29) is 6.54 Å². The third kappa shape index (κ3) is 1.87. The number of pyridine rings is 1. The lowest BCUT2D eigenvalue weighted by Crippen LogP contribution is -2.23. The minimum absolute atomic E-state index is 0.0119. The fourth-order valence-electron chi connectivity index (χ4n) is 1.88. The first-order valence-corrected chi connectivity index (χ1v) is 5.08. The molecule has 0 radical (unpaired) electrons. The molecule has 0 amide bonds. The molecule has 90 valence electrons. The SMILES string of the molecule is Cn1c(C(CN)C(=O)O)cc2ncc(F)cc21. The number of carbonyl (C=O) groups is 1. The Hall–Kier alpha value is -1.95. The predicted molar refractivity (Wildman–Crippen MR) is 60.1 cm³/mol. The number of hydrogen-bond donors (Lipinski definition) is 2. The summed E-state index contributed by atoms with van der Waals surface area (Å²) in [6.45, 7) is -0.0119. The summed E-state index contributed by atoms with van der Waals surface area (Å²) < 4.78 is 14.7. The minimum Gasteiger partial charge on any atom is -0.481 e. The molecule has 0 aliphatic rings. The summed E-state index contributed by atoms with van der Waals surface area (Å²) in [5.74, 6) is -2.26. The number of nitrogens with two attached hydrogens (primary N) is 1. The Bertz CT molecular complexity index is 579. The first kappa shape index (κ1) is 11.5. The molecule has 0 bridgehead atoms. The Kier molecular flexibility index (Phi) is 2.81. The lowest BCUT2D eigenvalue weighted by atomic mass is 10.1. The van der Waals surface area contributed by atoms with Crippen molar-refractivity contribution in [2.24, 2.45) is 12.8 Å². The third-order valence-electron chi connectivity index (χ3n) is 2.79. The van der Waals surface area contributed by atoms with Crippen molar-refractivity contribution >= 4 is 17.0 Å². The van der Waals surface area contributed by atoms with Gasteiger partial charge in [0.05, 0.1) is 17.2 Å². The highest BCUT2D eigenvalue weighted by Crippen LogP contribution is 2.23. The van der Waals surface area contributed by atoms with Crippen LogP contribution < -0.4 is 5.73 Å². The maximum Gasteiger partial charge on any atom is 0.313 e. The van der Waals surface area contributed by atoms with Gasteiger partial charge in [0.2, 0.25) is 0 Å². The van der Waals surface area contributed by atoms with Gasteiger partial charge in [-0.3, -0.25) is 9.78 Å². The predicted octanol–water partition coefficient (Wildman–Crippen LogP) is 0.839. The number of aliphatic carboxylic acids is 1. The van der Waals surface area contributed by atoms with Crippen LogP contribution in [0.3, 0.4) is 0 Å². The van der Waals surface area contributed by atoms with Gasteiger partial charge in [-0.25, -0.2) is 4.39 Å². The topological polar surface area (TPSA) is 81.1 Å². The number of nitrogens with zero attached hydrogens (tertiary/aromatic N) is 2. The van der Waals surface area contributed by atoms with Gasteiger partial charge in [-0.2, -0.15) is 0 Å². The molecule has 0 aliphatic heterocycles. The summed E-state index contributed by atoms with van der Waals surface area (Å²) in [4.78, 5) is 14.9. The van der Waals surface area contributed by atoms with E-state index in [0.717, 1.165) is 6.20 Å². The van der Waals surface area contributed by atoms with Crippen molar-refractivity contribution in [3.63, 3.8) is 0 Å². The Labute approximate surface area is 96.7 Å². The fourth-order valence-corrected chi connectivity index (χ4v) is 1.88. The molecule has 5 nitrogen and oxygen atoms in total. The first-order valence-electron chi connectivity index (χ1n) is 5.08. The molecule has 3 N–H and O–H groups in total. The molecule has 0 fully saturated rings. The van der Waals surface area contributed by atoms with E-state index in [1.165, 1.54) is 6.07 Å². The molecular formula is C11H12FN3O2. The highest BCUT2D eigenvalue weighted by Gasteiger charge is 2.22. The lowest BCUT2D eigenvalue weighted by Gasteiger charge is -2.10. The number of carboxylic acid groups (broad SMARTS) is 1. The first-order chi connectivity index (χ1) is 8.04. The van der Waals surface area contributed by atoms with Crippen LogP contribution in [0.15, 0.2) is 18.3 Å². The molecule has 1 atom stereocenters. The minimum atomic E-state index is -1.00. The number of aromatic nitrogens is 2. The van der Waals surface area contributed by atoms with Gasteiger partial charge >= 0.3 is 5.97 Å². The fraction of sp³-hybridized carbons (Fsp3) is 0.273. The second kappa shape index (κ2) is 4.14. The summed E-state index contributed by atoms with van der Waals surface area (Å²) in [6, 6.07) is 2.95. The molecule has 0 aromatic carbocycles. The van der Waals surface area contributed by atoms with Gasteiger partial charge in [-0.15, -0.1) is 0 Å². The van der Waals surface area contributed by atoms with Crippen molar-refractivity contribution in [3.05, 3.63) is 29.8 Å². The van der Waals surface area contributed by atoms with E-state index < -0.39 is 17.7 Å². The zero-order valence-corrected chi connectivity index (χ0v) is 9.22. The average Bonchev–Trinajstić information content (AvgIpc) is 2.58. The van der Waals surface area contributed by atoms with Crippen molar-refractivity contribution in [2.75, 3.05) is 6.54 Å². The molecule has 17 heavy (non-hydrogen) atoms. The van der Waals surface area contributed by atoms with Crippen molar-refractivity contribution < 1.29 is 14.3 Å². The average molecular weight is 237 g/mol. The summed E-state index contributed by atoms with van der Waals surface area (Å²) >= 11 is 0. The Balaban J connectivity index is 2.63. The number of carboxylic acids is 1. The van der Waals surface area contributed by atoms with E-state index >= 15 is 0 Å². The van der Waals surface area contributed by atoms with Gasteiger partial charge in [-0.1, -0.05) is 0 Å². The summed E-state index contributed by atoms with van der Waals surface area (Å²) in [5, 5.41) is 9.04. The van der Waals surface area contributed by atoms with Gasteiger partial charge < -0.3 is 15.4 Å². The van der Waals surface area contributed by atoms with Gasteiger partial charge in [0.25, 0.3) is 0 Å². The molecule has 2 aromatic heterocycles. The van der Waals surface area contributed by atoms with Gasteiger partial charge in [0.1, 0.15) is 11.7 Å². The Morgan fingerprint density at radius 3 is 2.94 bits per heavy atom. The molecule has 2 heterocycles. The molecule has 0 saturated heterocycles. The van der Waals surface area contributed by atoms with E-state index in [9.17, 15) is 9.18 Å². The second-order valence-electron chi connectivity index (χ2n) is 3.81. The molecular weight excluding hydrogens is 225 g/mol. The van der Waals surface area contributed by atoms with Gasteiger partial charge in [-0.05, 0) is 6.07 Å². The number of halogens is 1. The number of rotatable bonds is 3. The van der Waals surface area contributed by atoms with Crippen LogP contribution in [0.1, 0.15) is 11.6 Å². The summed E-state index contributed by atoms with van der Waals surface area (Å²) in [6.07, 6.45) is 1.10. The van der Waals surface area contributed by atoms with E-state index in [1.54, 1.807) is 17.7 Å². The zero-order chi connectivity index (χ0) is 12.6. The molecule has 2 aromatic rings. The van der Waals surface area contributed by atoms with Crippen LogP contribution in [-0.2, 0) is 11.8 Å². The number of fused-ring (bicyclic) bond motifs is 1. The molecule has 0 saturated carbocycles. The van der Waals surface area contributed by atoms with Crippen LogP contribution in [0.2, 0.25) is 0 Å². The largest absolute Gasteiger partial charge is 0.481 e. The number of aryl methyl sites for hydroxylation is 1. The van der Waals surface area contributed by atoms with Gasteiger partial charge in [0, 0.05) is 25.4 Å². The van der Waals surface area contributed by atoms with Gasteiger partial charge in [0.15, 0.2) is 0 Å². The quantitative estimate of drug-likeness (QED) is 0.828. The summed E-state index contributed by atoms with van der Waals surface area (Å²) in [5.41, 5.74) is 7.07. The van der Waals surface area contributed by atoms with E-state index in [0.29, 0.717) is 16.7 Å². The molecule has 2 rings (SSSR count). The summed E-state index contributed by atoms with van der Waals surface area (Å²) in [7, 11) is 1.67. The second-order valence-corrected chi connectivity index (χ2v) is 3.81. The lowest BCUT2D eigenvalue weighted by molar-refractivity contribution is -0.138. The van der Waals surface area contributed by atoms with Crippen LogP contribution in [0.5, 0.6) is 0 Å². The molecule has 0 aliphatic carbocycles. The molecule has 1 unspecified atom stereocenters. The van der Waals surface area contributed by atoms with Crippen LogP contribution in [0.25, 0.3) is 11.0 Å². The Morgan fingerprint density at radius 2 is 2.35 bits per heavy atom. The van der Waals surface area contributed by atoms with Crippen LogP contribution in [0.4, 0.5) is 4.39 Å². The highest BCUT2D eigenvalue weighted by atomic mass is 19.1. The maximum absolute atomic E-state index is 13.1. The Morgan fingerprint density at radius 1 is 1.65 bits per heavy atom. The molecule has 6 heteroatoms. The monoisotopic (exact) mass is 237 g/mol. The normalized spacial score (nSPS) is 12.9. The standard InChI is InChI=1S/C11H12FN3O2/c1-15-9(7(4-13)11(16)17)3-8-10(15)2-6(12)5-14-8/h2-3,5,7H,4,13H2,1H3,(H,16,17). The van der Waals surface area contributed by atoms with Crippen molar-refractivity contribution in [1.29, 1.82) is 0 Å². The van der Waals surface area contributed by atoms with E-state index in [4.69, 9.17) is 10.8 Å². The smallest absolute Gasteiger partial charge is 0.313 e. The van der Waals surface area contributed by atoms with Crippen molar-refractivity contribution in [3.8, 4) is 0 Å². The maximum atomic E-state index is 13.1. The van der Waals surface area contributed by atoms with Crippen molar-refractivity contribution in [2.45, 2.75) is 5.92 Å². The molecule has 0 spiro atoms. The van der Waals surface area contributed by atoms with Crippen molar-refractivity contribution in [1.82, 2.24) is 9.55 Å².